The Hall–Kier alpha value is -0.630. The van der Waals surface area contributed by atoms with Crippen LogP contribution in [0.5, 0.6) is 5.75 Å². The molecule has 2 rings (SSSR count). The fourth-order valence-electron chi connectivity index (χ4n) is 2.33. The van der Waals surface area contributed by atoms with Gasteiger partial charge in [-0.2, -0.15) is 0 Å². The van der Waals surface area contributed by atoms with Crippen molar-refractivity contribution < 1.29 is 17.9 Å². The molecule has 1 aromatic carbocycles. The van der Waals surface area contributed by atoms with Gasteiger partial charge in [0, 0.05) is 23.1 Å². The smallest absolute Gasteiger partial charge is 0.209 e. The van der Waals surface area contributed by atoms with Crippen molar-refractivity contribution in [3.8, 4) is 5.75 Å². The van der Waals surface area contributed by atoms with Crippen LogP contribution >= 0.6 is 15.9 Å². The summed E-state index contributed by atoms with van der Waals surface area (Å²) in [7, 11) is -3.54. The van der Waals surface area contributed by atoms with E-state index in [0.717, 1.165) is 4.47 Å². The number of ether oxygens (including phenoxy) is 2. The van der Waals surface area contributed by atoms with Gasteiger partial charge in [0.25, 0.3) is 0 Å². The lowest BCUT2D eigenvalue weighted by atomic mass is 9.83. The highest BCUT2D eigenvalue weighted by atomic mass is 79.9. The zero-order valence-corrected chi connectivity index (χ0v) is 13.5. The Labute approximate surface area is 127 Å². The number of hydrogen-bond acceptors (Lipinski definition) is 4. The van der Waals surface area contributed by atoms with Crippen LogP contribution in [0.15, 0.2) is 28.7 Å². The molecule has 1 fully saturated rings. The standard InChI is InChI=1S/C13H18BrNO4S/c14-11-1-3-12(4-2-11)19-9-13(10-20(15,16)17)5-7-18-8-6-13/h1-4H,5-10H2,(H2,15,16,17). The van der Waals surface area contributed by atoms with Crippen LogP contribution in [0.3, 0.4) is 0 Å². The first-order valence-corrected chi connectivity index (χ1v) is 8.86. The zero-order chi connectivity index (χ0) is 14.6. The van der Waals surface area contributed by atoms with Crippen molar-refractivity contribution in [3.63, 3.8) is 0 Å². The van der Waals surface area contributed by atoms with Crippen molar-refractivity contribution >= 4 is 26.0 Å². The quantitative estimate of drug-likeness (QED) is 0.866. The molecule has 0 aromatic heterocycles. The lowest BCUT2D eigenvalue weighted by Gasteiger charge is -2.36. The van der Waals surface area contributed by atoms with Crippen molar-refractivity contribution in [3.05, 3.63) is 28.7 Å². The van der Waals surface area contributed by atoms with Crippen molar-refractivity contribution in [1.82, 2.24) is 0 Å². The Morgan fingerprint density at radius 1 is 1.25 bits per heavy atom. The second-order valence-corrected chi connectivity index (χ2v) is 7.69. The molecule has 0 bridgehead atoms. The van der Waals surface area contributed by atoms with Gasteiger partial charge in [0.1, 0.15) is 5.75 Å². The van der Waals surface area contributed by atoms with E-state index in [4.69, 9.17) is 14.6 Å². The zero-order valence-electron chi connectivity index (χ0n) is 11.0. The van der Waals surface area contributed by atoms with Crippen molar-refractivity contribution in [2.24, 2.45) is 10.6 Å². The summed E-state index contributed by atoms with van der Waals surface area (Å²) in [5.41, 5.74) is -0.459. The summed E-state index contributed by atoms with van der Waals surface area (Å²) in [5.74, 6) is 0.647. The average molecular weight is 364 g/mol. The van der Waals surface area contributed by atoms with Crippen LogP contribution in [0.2, 0.25) is 0 Å². The van der Waals surface area contributed by atoms with E-state index in [1.807, 2.05) is 24.3 Å². The maximum atomic E-state index is 11.4. The highest BCUT2D eigenvalue weighted by molar-refractivity contribution is 9.10. The summed E-state index contributed by atoms with van der Waals surface area (Å²) in [4.78, 5) is 0. The molecule has 0 amide bonds. The molecule has 2 N–H and O–H groups in total. The Balaban J connectivity index is 2.06. The van der Waals surface area contributed by atoms with E-state index < -0.39 is 15.4 Å². The fraction of sp³-hybridized carbons (Fsp3) is 0.538. The van der Waals surface area contributed by atoms with Crippen LogP contribution in [0.1, 0.15) is 12.8 Å². The van der Waals surface area contributed by atoms with E-state index in [2.05, 4.69) is 15.9 Å². The number of halogens is 1. The van der Waals surface area contributed by atoms with Gasteiger partial charge >= 0.3 is 0 Å². The predicted molar refractivity (Wildman–Crippen MR) is 80.1 cm³/mol. The minimum absolute atomic E-state index is 0.0696. The third kappa shape index (κ3) is 4.73. The Bertz CT molecular complexity index is 538. The molecule has 20 heavy (non-hydrogen) atoms. The molecule has 1 saturated heterocycles. The molecule has 112 valence electrons. The van der Waals surface area contributed by atoms with Crippen molar-refractivity contribution in [2.45, 2.75) is 12.8 Å². The van der Waals surface area contributed by atoms with E-state index >= 15 is 0 Å². The molecule has 5 nitrogen and oxygen atoms in total. The predicted octanol–water partition coefficient (Wildman–Crippen LogP) is 1.91. The number of rotatable bonds is 5. The summed E-state index contributed by atoms with van der Waals surface area (Å²) in [6, 6.07) is 7.44. The van der Waals surface area contributed by atoms with Crippen LogP contribution in [0.25, 0.3) is 0 Å². The van der Waals surface area contributed by atoms with E-state index in [0.29, 0.717) is 38.4 Å². The average Bonchev–Trinajstić information content (AvgIpc) is 2.37. The largest absolute Gasteiger partial charge is 0.493 e. The van der Waals surface area contributed by atoms with E-state index in [-0.39, 0.29) is 5.75 Å². The molecule has 0 aliphatic carbocycles. The second-order valence-electron chi connectivity index (χ2n) is 5.16. The summed E-state index contributed by atoms with van der Waals surface area (Å²) >= 11 is 3.36. The summed E-state index contributed by atoms with van der Waals surface area (Å²) < 4.78 is 34.9. The van der Waals surface area contributed by atoms with Gasteiger partial charge in [-0.1, -0.05) is 15.9 Å². The molecule has 1 heterocycles. The van der Waals surface area contributed by atoms with Gasteiger partial charge in [0.05, 0.1) is 12.4 Å². The second kappa shape index (κ2) is 6.43. The molecule has 1 aliphatic heterocycles. The highest BCUT2D eigenvalue weighted by Crippen LogP contribution is 2.32. The lowest BCUT2D eigenvalue weighted by molar-refractivity contribution is 0.00209. The molecule has 0 unspecified atom stereocenters. The third-order valence-electron chi connectivity index (χ3n) is 3.42. The van der Waals surface area contributed by atoms with E-state index in [9.17, 15) is 8.42 Å². The monoisotopic (exact) mass is 363 g/mol. The third-order valence-corrected chi connectivity index (χ3v) is 4.96. The normalized spacial score (nSPS) is 18.7. The molecule has 7 heteroatoms. The van der Waals surface area contributed by atoms with Gasteiger partial charge in [-0.3, -0.25) is 0 Å². The molecule has 0 saturated carbocycles. The number of nitrogens with two attached hydrogens (primary N) is 1. The first kappa shape index (κ1) is 15.8. The topological polar surface area (TPSA) is 78.6 Å². The maximum Gasteiger partial charge on any atom is 0.209 e. The summed E-state index contributed by atoms with van der Waals surface area (Å²) in [6.07, 6.45) is 1.28. The molecular weight excluding hydrogens is 346 g/mol. The minimum Gasteiger partial charge on any atom is -0.493 e. The van der Waals surface area contributed by atoms with Crippen molar-refractivity contribution in [2.75, 3.05) is 25.6 Å². The van der Waals surface area contributed by atoms with E-state index in [1.54, 1.807) is 0 Å². The van der Waals surface area contributed by atoms with Gasteiger partial charge < -0.3 is 9.47 Å². The first-order valence-electron chi connectivity index (χ1n) is 6.35. The molecule has 0 radical (unpaired) electrons. The minimum atomic E-state index is -3.54. The molecule has 1 aromatic rings. The van der Waals surface area contributed by atoms with Gasteiger partial charge in [0.15, 0.2) is 0 Å². The first-order chi connectivity index (χ1) is 9.39. The number of primary sulfonamides is 1. The lowest BCUT2D eigenvalue weighted by Crippen LogP contribution is -2.42. The maximum absolute atomic E-state index is 11.4. The SMILES string of the molecule is NS(=O)(=O)CC1(COc2ccc(Br)cc2)CCOCC1. The fourth-order valence-corrected chi connectivity index (χ4v) is 3.82. The summed E-state index contributed by atoms with van der Waals surface area (Å²) in [5, 5.41) is 5.21. The summed E-state index contributed by atoms with van der Waals surface area (Å²) in [6.45, 7) is 1.41. The highest BCUT2D eigenvalue weighted by Gasteiger charge is 2.37. The molecule has 0 atom stereocenters. The Morgan fingerprint density at radius 2 is 1.85 bits per heavy atom. The van der Waals surface area contributed by atoms with E-state index in [1.165, 1.54) is 0 Å². The molecular formula is C13H18BrNO4S. The van der Waals surface area contributed by atoms with Crippen LogP contribution in [-0.2, 0) is 14.8 Å². The Morgan fingerprint density at radius 3 is 2.40 bits per heavy atom. The molecule has 1 aliphatic rings. The molecule has 0 spiro atoms. The van der Waals surface area contributed by atoms with Crippen LogP contribution in [0, 0.1) is 5.41 Å². The Kier molecular flexibility index (Phi) is 5.06. The number of sulfonamides is 1. The van der Waals surface area contributed by atoms with Gasteiger partial charge in [-0.05, 0) is 37.1 Å². The van der Waals surface area contributed by atoms with Crippen LogP contribution in [0.4, 0.5) is 0 Å². The van der Waals surface area contributed by atoms with Gasteiger partial charge in [-0.25, -0.2) is 13.6 Å². The van der Waals surface area contributed by atoms with Crippen molar-refractivity contribution in [1.29, 1.82) is 0 Å². The van der Waals surface area contributed by atoms with Gasteiger partial charge in [0.2, 0.25) is 10.0 Å². The number of hydrogen-bond donors (Lipinski definition) is 1. The van der Waals surface area contributed by atoms with Gasteiger partial charge in [-0.15, -0.1) is 0 Å². The van der Waals surface area contributed by atoms with Crippen LogP contribution < -0.4 is 9.88 Å². The number of benzene rings is 1. The van der Waals surface area contributed by atoms with Crippen LogP contribution in [-0.4, -0.2) is 34.0 Å².